The van der Waals surface area contributed by atoms with E-state index in [1.54, 1.807) is 35.1 Å². The van der Waals surface area contributed by atoms with Gasteiger partial charge < -0.3 is 10.2 Å². The molecule has 2 heterocycles. The largest absolute Gasteiger partial charge is 0.490 e. The predicted octanol–water partition coefficient (Wildman–Crippen LogP) is 0.273. The molecule has 0 aliphatic carbocycles. The maximum absolute atomic E-state index is 10.6. The molecule has 0 aromatic carbocycles. The van der Waals surface area contributed by atoms with E-state index in [1.165, 1.54) is 0 Å². The molecule has 0 aliphatic rings. The summed E-state index contributed by atoms with van der Waals surface area (Å²) in [5, 5.41) is 23.9. The molecule has 24 heavy (non-hydrogen) atoms. The lowest BCUT2D eigenvalue weighted by Gasteiger charge is -1.94. The van der Waals surface area contributed by atoms with Gasteiger partial charge in [-0.05, 0) is 5.10 Å². The molecule has 2 N–H and O–H groups in total. The third-order valence-corrected chi connectivity index (χ3v) is 2.43. The molecule has 130 valence electrons. The zero-order valence-corrected chi connectivity index (χ0v) is 12.3. The summed E-state index contributed by atoms with van der Waals surface area (Å²) in [6.07, 6.45) is -0.0779. The third kappa shape index (κ3) is 6.37. The fraction of sp³-hybridized carbons (Fsp3) is 0.333. The Hall–Kier alpha value is -3.05. The summed E-state index contributed by atoms with van der Waals surface area (Å²) < 4.78 is 34.9. The zero-order valence-electron chi connectivity index (χ0n) is 12.3. The van der Waals surface area contributed by atoms with Crippen molar-refractivity contribution in [2.75, 3.05) is 0 Å². The quantitative estimate of drug-likeness (QED) is 0.761. The van der Waals surface area contributed by atoms with Gasteiger partial charge in [0, 0.05) is 13.1 Å². The molecule has 2 aromatic rings. The van der Waals surface area contributed by atoms with Crippen molar-refractivity contribution in [3.63, 3.8) is 0 Å². The van der Waals surface area contributed by atoms with E-state index < -0.39 is 18.1 Å². The number of aromatic nitrogens is 5. The van der Waals surface area contributed by atoms with Crippen LogP contribution in [-0.4, -0.2) is 48.2 Å². The second kappa shape index (κ2) is 7.99. The van der Waals surface area contributed by atoms with Crippen LogP contribution >= 0.6 is 0 Å². The van der Waals surface area contributed by atoms with Crippen LogP contribution in [-0.2, 0) is 23.2 Å². The highest BCUT2D eigenvalue weighted by Gasteiger charge is 2.38. The third-order valence-electron chi connectivity index (χ3n) is 2.43. The second-order valence-electron chi connectivity index (χ2n) is 4.37. The fourth-order valence-corrected chi connectivity index (χ4v) is 1.33. The number of alkyl halides is 3. The Morgan fingerprint density at radius 2 is 1.96 bits per heavy atom. The highest BCUT2D eigenvalue weighted by atomic mass is 19.4. The van der Waals surface area contributed by atoms with Crippen molar-refractivity contribution in [1.82, 2.24) is 19.9 Å². The minimum Gasteiger partial charge on any atom is -0.481 e. The second-order valence-corrected chi connectivity index (χ2v) is 4.37. The number of rotatable bonds is 4. The summed E-state index contributed by atoms with van der Waals surface area (Å²) >= 11 is 0. The number of aliphatic carboxylic acids is 2. The Kier molecular flexibility index (Phi) is 6.32. The Morgan fingerprint density at radius 3 is 2.33 bits per heavy atom. The first-order valence-electron chi connectivity index (χ1n) is 6.33. The Labute approximate surface area is 133 Å². The van der Waals surface area contributed by atoms with Crippen LogP contribution in [0.5, 0.6) is 0 Å². The number of aryl methyl sites for hydroxylation is 2. The van der Waals surface area contributed by atoms with E-state index in [4.69, 9.17) is 15.0 Å². The van der Waals surface area contributed by atoms with Crippen LogP contribution in [0.2, 0.25) is 0 Å². The van der Waals surface area contributed by atoms with E-state index in [1.807, 2.05) is 6.07 Å². The van der Waals surface area contributed by atoms with Crippen LogP contribution in [0.15, 0.2) is 24.8 Å². The molecular formula is C12H13F3N5O4+. The smallest absolute Gasteiger partial charge is 0.481 e. The maximum Gasteiger partial charge on any atom is 0.490 e. The molecule has 0 atom stereocenters. The first kappa shape index (κ1) is 19.0. The van der Waals surface area contributed by atoms with Gasteiger partial charge >= 0.3 is 18.1 Å². The average Bonchev–Trinajstić information content (AvgIpc) is 2.92. The lowest BCUT2D eigenvalue weighted by atomic mass is 10.3. The van der Waals surface area contributed by atoms with Crippen LogP contribution in [0, 0.1) is 0 Å². The normalized spacial score (nSPS) is 10.7. The van der Waals surface area contributed by atoms with Crippen molar-refractivity contribution in [3.8, 4) is 11.4 Å². The molecular weight excluding hydrogens is 335 g/mol. The van der Waals surface area contributed by atoms with E-state index >= 15 is 0 Å². The number of hydrogen-bond acceptors (Lipinski definition) is 5. The molecule has 2 rings (SSSR count). The number of hydrogen-bond donors (Lipinski definition) is 2. The lowest BCUT2D eigenvalue weighted by Crippen LogP contribution is -2.38. The first-order valence-corrected chi connectivity index (χ1v) is 6.33. The minimum absolute atomic E-state index is 0.0544. The maximum atomic E-state index is 10.6. The zero-order chi connectivity index (χ0) is 18.3. The monoisotopic (exact) mass is 348 g/mol. The Bertz CT molecular complexity index is 699. The molecule has 12 heteroatoms. The molecule has 0 radical (unpaired) electrons. The molecule has 0 saturated heterocycles. The summed E-state index contributed by atoms with van der Waals surface area (Å²) in [4.78, 5) is 23.4. The van der Waals surface area contributed by atoms with E-state index in [0.29, 0.717) is 12.4 Å². The van der Waals surface area contributed by atoms with Crippen LogP contribution in [0.3, 0.4) is 0 Å². The summed E-state index contributed by atoms with van der Waals surface area (Å²) in [6, 6.07) is 1.81. The van der Waals surface area contributed by atoms with E-state index in [9.17, 15) is 18.0 Å². The fourth-order valence-electron chi connectivity index (χ4n) is 1.33. The molecule has 0 fully saturated rings. The van der Waals surface area contributed by atoms with Crippen molar-refractivity contribution in [2.45, 2.75) is 19.1 Å². The van der Waals surface area contributed by atoms with Crippen molar-refractivity contribution in [2.24, 2.45) is 7.05 Å². The molecule has 0 unspecified atom stereocenters. The molecule has 9 nitrogen and oxygen atoms in total. The average molecular weight is 348 g/mol. The van der Waals surface area contributed by atoms with Gasteiger partial charge in [0.2, 0.25) is 0 Å². The molecule has 2 aromatic heterocycles. The van der Waals surface area contributed by atoms with Gasteiger partial charge in [0.1, 0.15) is 18.9 Å². The molecule has 0 aliphatic heterocycles. The Balaban J connectivity index is 0.000000351. The number of carboxylic acid groups (broad SMARTS) is 2. The van der Waals surface area contributed by atoms with Crippen LogP contribution in [0.1, 0.15) is 6.42 Å². The minimum atomic E-state index is -5.08. The molecule has 0 amide bonds. The van der Waals surface area contributed by atoms with Crippen LogP contribution in [0.4, 0.5) is 13.2 Å². The van der Waals surface area contributed by atoms with E-state index in [2.05, 4.69) is 15.2 Å². The van der Waals surface area contributed by atoms with Crippen LogP contribution < -0.4 is 4.68 Å². The molecule has 0 saturated carbocycles. The van der Waals surface area contributed by atoms with Gasteiger partial charge in [-0.15, -0.1) is 0 Å². The van der Waals surface area contributed by atoms with E-state index in [-0.39, 0.29) is 6.42 Å². The summed E-state index contributed by atoms with van der Waals surface area (Å²) in [5.41, 5.74) is 0.803. The van der Waals surface area contributed by atoms with E-state index in [0.717, 1.165) is 5.56 Å². The molecule has 0 bridgehead atoms. The van der Waals surface area contributed by atoms with Gasteiger partial charge in [0.25, 0.3) is 0 Å². The number of nitrogens with zero attached hydrogens (tertiary/aromatic N) is 5. The predicted molar refractivity (Wildman–Crippen MR) is 70.4 cm³/mol. The standard InChI is InChI=1S/C10H11N5O2.C2HF3O2/c1-14-7-11-10(13-14)8-2-4-15(12-6-8)5-3-9(16)17;3-2(4,5)1(6)7/h2,4,6-7H,3,5H2,1H3;(H,6,7)/p+1. The number of halogens is 3. The summed E-state index contributed by atoms with van der Waals surface area (Å²) in [6.45, 7) is 0.352. The van der Waals surface area contributed by atoms with Gasteiger partial charge in [0.15, 0.2) is 18.6 Å². The Morgan fingerprint density at radius 1 is 1.33 bits per heavy atom. The first-order chi connectivity index (χ1) is 11.1. The van der Waals surface area contributed by atoms with Gasteiger partial charge in [0.05, 0.1) is 5.56 Å². The van der Waals surface area contributed by atoms with Crippen molar-refractivity contribution in [3.05, 3.63) is 24.8 Å². The highest BCUT2D eigenvalue weighted by Crippen LogP contribution is 2.13. The number of carboxylic acids is 2. The van der Waals surface area contributed by atoms with Gasteiger partial charge in [-0.2, -0.15) is 18.3 Å². The van der Waals surface area contributed by atoms with Crippen molar-refractivity contribution >= 4 is 11.9 Å². The topological polar surface area (TPSA) is 122 Å². The van der Waals surface area contributed by atoms with Crippen molar-refractivity contribution < 1.29 is 37.7 Å². The van der Waals surface area contributed by atoms with Gasteiger partial charge in [-0.3, -0.25) is 9.48 Å². The SMILES string of the molecule is Cn1cnc(-c2cc[n+](CCC(=O)O)nc2)n1.O=C(O)C(F)(F)F. The number of carbonyl (C=O) groups is 2. The van der Waals surface area contributed by atoms with Gasteiger partial charge in [-0.1, -0.05) is 4.68 Å². The van der Waals surface area contributed by atoms with Crippen molar-refractivity contribution in [1.29, 1.82) is 0 Å². The molecule has 0 spiro atoms. The summed E-state index contributed by atoms with van der Waals surface area (Å²) in [7, 11) is 1.79. The van der Waals surface area contributed by atoms with Crippen LogP contribution in [0.25, 0.3) is 11.4 Å². The highest BCUT2D eigenvalue weighted by molar-refractivity contribution is 5.73. The summed E-state index contributed by atoms with van der Waals surface area (Å²) in [5.74, 6) is -2.99. The van der Waals surface area contributed by atoms with Gasteiger partial charge in [-0.25, -0.2) is 9.78 Å². The lowest BCUT2D eigenvalue weighted by molar-refractivity contribution is -0.752.